The zero-order valence-corrected chi connectivity index (χ0v) is 7.04. The predicted octanol–water partition coefficient (Wildman–Crippen LogP) is 1.31. The zero-order valence-electron chi connectivity index (χ0n) is 6.28. The Labute approximate surface area is 77.4 Å². The van der Waals surface area contributed by atoms with E-state index in [4.69, 9.17) is 16.7 Å². The van der Waals surface area contributed by atoms with Crippen LogP contribution >= 0.6 is 11.6 Å². The van der Waals surface area contributed by atoms with E-state index in [9.17, 15) is 4.79 Å². The summed E-state index contributed by atoms with van der Waals surface area (Å²) in [5, 5.41) is 8.87. The zero-order chi connectivity index (χ0) is 9.42. The number of aromatic carboxylic acids is 1. The molecule has 0 spiro atoms. The van der Waals surface area contributed by atoms with Gasteiger partial charge in [-0.05, 0) is 6.07 Å². The summed E-state index contributed by atoms with van der Waals surface area (Å²) in [6.45, 7) is 0. The molecule has 0 aliphatic rings. The molecule has 2 N–H and O–H groups in total. The number of H-pyrrole nitrogens is 1. The third-order valence-electron chi connectivity index (χ3n) is 1.60. The van der Waals surface area contributed by atoms with Gasteiger partial charge in [0.2, 0.25) is 0 Å². The molecular weight excluding hydrogens is 194 g/mol. The fraction of sp³-hybridized carbons (Fsp3) is 0. The summed E-state index contributed by atoms with van der Waals surface area (Å²) >= 11 is 5.70. The Kier molecular flexibility index (Phi) is 1.66. The van der Waals surface area contributed by atoms with Crippen LogP contribution in [0.25, 0.3) is 11.0 Å². The van der Waals surface area contributed by atoms with E-state index >= 15 is 0 Å². The lowest BCUT2D eigenvalue weighted by Gasteiger charge is -1.89. The van der Waals surface area contributed by atoms with Crippen LogP contribution in [-0.4, -0.2) is 26.0 Å². The standard InChI is InChI=1S/C7H4ClN3O2/c8-6-5-3(9-2-10-6)1-4(11-5)7(12)13/h1-2,11H,(H,12,13). The lowest BCUT2D eigenvalue weighted by Crippen LogP contribution is -1.94. The maximum atomic E-state index is 10.6. The summed E-state index contributed by atoms with van der Waals surface area (Å²) in [5.41, 5.74) is 0.997. The Balaban J connectivity index is 2.75. The Bertz CT molecular complexity index is 480. The van der Waals surface area contributed by atoms with Gasteiger partial charge in [-0.3, -0.25) is 0 Å². The highest BCUT2D eigenvalue weighted by Gasteiger charge is 2.10. The molecule has 2 aromatic rings. The minimum Gasteiger partial charge on any atom is -0.477 e. The number of carboxylic acid groups (broad SMARTS) is 1. The first-order valence-corrected chi connectivity index (χ1v) is 3.79. The van der Waals surface area contributed by atoms with E-state index in [1.54, 1.807) is 0 Å². The molecule has 0 amide bonds. The summed E-state index contributed by atoms with van der Waals surface area (Å²) in [4.78, 5) is 20.7. The van der Waals surface area contributed by atoms with E-state index in [1.807, 2.05) is 0 Å². The fourth-order valence-electron chi connectivity index (χ4n) is 1.02. The van der Waals surface area contributed by atoms with Crippen LogP contribution in [0, 0.1) is 0 Å². The van der Waals surface area contributed by atoms with Gasteiger partial charge < -0.3 is 10.1 Å². The third kappa shape index (κ3) is 1.23. The van der Waals surface area contributed by atoms with Gasteiger partial charge in [0, 0.05) is 0 Å². The fourth-order valence-corrected chi connectivity index (χ4v) is 1.21. The molecule has 0 atom stereocenters. The molecule has 0 radical (unpaired) electrons. The molecule has 5 nitrogen and oxygen atoms in total. The average molecular weight is 198 g/mol. The number of carbonyl (C=O) groups is 1. The van der Waals surface area contributed by atoms with Crippen LogP contribution in [0.15, 0.2) is 12.4 Å². The molecule has 0 bridgehead atoms. The number of rotatable bonds is 1. The van der Waals surface area contributed by atoms with Crippen LogP contribution in [-0.2, 0) is 0 Å². The number of aromatic nitrogens is 3. The quantitative estimate of drug-likeness (QED) is 0.676. The second kappa shape index (κ2) is 2.70. The molecule has 6 heteroatoms. The molecule has 2 aromatic heterocycles. The van der Waals surface area contributed by atoms with E-state index in [0.717, 1.165) is 0 Å². The summed E-state index contributed by atoms with van der Waals surface area (Å²) in [7, 11) is 0. The van der Waals surface area contributed by atoms with Gasteiger partial charge in [0.25, 0.3) is 0 Å². The Morgan fingerprint density at radius 2 is 2.31 bits per heavy atom. The van der Waals surface area contributed by atoms with Crippen molar-refractivity contribution in [3.63, 3.8) is 0 Å². The van der Waals surface area contributed by atoms with Crippen molar-refractivity contribution in [2.75, 3.05) is 0 Å². The number of halogens is 1. The third-order valence-corrected chi connectivity index (χ3v) is 1.89. The van der Waals surface area contributed by atoms with Gasteiger partial charge in [0.1, 0.15) is 17.5 Å². The average Bonchev–Trinajstić information content (AvgIpc) is 2.49. The molecule has 66 valence electrons. The molecule has 0 aliphatic heterocycles. The molecule has 0 aliphatic carbocycles. The first-order chi connectivity index (χ1) is 6.18. The highest BCUT2D eigenvalue weighted by Crippen LogP contribution is 2.18. The number of nitrogens with zero attached hydrogens (tertiary/aromatic N) is 2. The number of hydrogen-bond donors (Lipinski definition) is 2. The van der Waals surface area contributed by atoms with Crippen molar-refractivity contribution in [1.82, 2.24) is 15.0 Å². The van der Waals surface area contributed by atoms with E-state index < -0.39 is 5.97 Å². The topological polar surface area (TPSA) is 78.9 Å². The summed E-state index contributed by atoms with van der Waals surface area (Å²) < 4.78 is 0. The molecule has 0 saturated carbocycles. The van der Waals surface area contributed by atoms with Gasteiger partial charge in [0.15, 0.2) is 5.15 Å². The van der Waals surface area contributed by atoms with Crippen molar-refractivity contribution in [3.05, 3.63) is 23.2 Å². The summed E-state index contributed by atoms with van der Waals surface area (Å²) in [6.07, 6.45) is 1.28. The van der Waals surface area contributed by atoms with Crippen molar-refractivity contribution in [2.24, 2.45) is 0 Å². The Morgan fingerprint density at radius 1 is 1.54 bits per heavy atom. The van der Waals surface area contributed by atoms with Gasteiger partial charge in [-0.2, -0.15) is 0 Å². The van der Waals surface area contributed by atoms with Gasteiger partial charge in [-0.15, -0.1) is 0 Å². The minimum atomic E-state index is -1.05. The largest absolute Gasteiger partial charge is 0.477 e. The van der Waals surface area contributed by atoms with Crippen LogP contribution in [0.3, 0.4) is 0 Å². The number of nitrogens with one attached hydrogen (secondary N) is 1. The smallest absolute Gasteiger partial charge is 0.352 e. The van der Waals surface area contributed by atoms with Gasteiger partial charge in [-0.25, -0.2) is 14.8 Å². The highest BCUT2D eigenvalue weighted by molar-refractivity contribution is 6.33. The lowest BCUT2D eigenvalue weighted by molar-refractivity contribution is 0.0691. The molecule has 2 rings (SSSR count). The molecule has 0 unspecified atom stereocenters. The summed E-state index contributed by atoms with van der Waals surface area (Å²) in [5.74, 6) is -1.05. The van der Waals surface area contributed by atoms with E-state index in [-0.39, 0.29) is 10.8 Å². The molecule has 0 aromatic carbocycles. The number of fused-ring (bicyclic) bond motifs is 1. The van der Waals surface area contributed by atoms with Gasteiger partial charge in [0.05, 0.1) is 5.52 Å². The first-order valence-electron chi connectivity index (χ1n) is 3.41. The van der Waals surface area contributed by atoms with E-state index in [0.29, 0.717) is 11.0 Å². The van der Waals surface area contributed by atoms with Crippen molar-refractivity contribution >= 4 is 28.6 Å². The van der Waals surface area contributed by atoms with Crippen molar-refractivity contribution in [1.29, 1.82) is 0 Å². The molecule has 0 saturated heterocycles. The SMILES string of the molecule is O=C(O)c1cc2ncnc(Cl)c2[nH]1. The number of carboxylic acids is 1. The monoisotopic (exact) mass is 197 g/mol. The van der Waals surface area contributed by atoms with Gasteiger partial charge in [-0.1, -0.05) is 11.6 Å². The highest BCUT2D eigenvalue weighted by atomic mass is 35.5. The normalized spacial score (nSPS) is 10.5. The number of aromatic amines is 1. The molecular formula is C7H4ClN3O2. The van der Waals surface area contributed by atoms with Crippen molar-refractivity contribution < 1.29 is 9.90 Å². The molecule has 13 heavy (non-hydrogen) atoms. The van der Waals surface area contributed by atoms with Gasteiger partial charge >= 0.3 is 5.97 Å². The second-order valence-corrected chi connectivity index (χ2v) is 2.77. The summed E-state index contributed by atoms with van der Waals surface area (Å²) in [6, 6.07) is 1.41. The lowest BCUT2D eigenvalue weighted by atomic mass is 10.4. The van der Waals surface area contributed by atoms with Crippen LogP contribution in [0.2, 0.25) is 5.15 Å². The molecule has 2 heterocycles. The van der Waals surface area contributed by atoms with Crippen LogP contribution < -0.4 is 0 Å². The second-order valence-electron chi connectivity index (χ2n) is 2.41. The predicted molar refractivity (Wildman–Crippen MR) is 45.9 cm³/mol. The van der Waals surface area contributed by atoms with Crippen LogP contribution in [0.1, 0.15) is 10.5 Å². The van der Waals surface area contributed by atoms with Crippen molar-refractivity contribution in [2.45, 2.75) is 0 Å². The first kappa shape index (κ1) is 8.00. The molecule has 0 fully saturated rings. The van der Waals surface area contributed by atoms with E-state index in [1.165, 1.54) is 12.4 Å². The number of hydrogen-bond acceptors (Lipinski definition) is 3. The maximum Gasteiger partial charge on any atom is 0.352 e. The minimum absolute atomic E-state index is 0.0531. The Hall–Kier alpha value is -1.62. The van der Waals surface area contributed by atoms with Crippen molar-refractivity contribution in [3.8, 4) is 0 Å². The van der Waals surface area contributed by atoms with E-state index in [2.05, 4.69) is 15.0 Å². The van der Waals surface area contributed by atoms with Crippen LogP contribution in [0.5, 0.6) is 0 Å². The Morgan fingerprint density at radius 3 is 2.92 bits per heavy atom. The van der Waals surface area contributed by atoms with Crippen LogP contribution in [0.4, 0.5) is 0 Å². The maximum absolute atomic E-state index is 10.6.